The number of aromatic hydroxyl groups is 1. The summed E-state index contributed by atoms with van der Waals surface area (Å²) in [5.74, 6) is 0.239. The third kappa shape index (κ3) is 2.84. The predicted octanol–water partition coefficient (Wildman–Crippen LogP) is 4.38. The summed E-state index contributed by atoms with van der Waals surface area (Å²) in [5, 5.41) is 15.1. The minimum absolute atomic E-state index is 0.180. The van der Waals surface area contributed by atoms with Crippen LogP contribution < -0.4 is 0 Å². The van der Waals surface area contributed by atoms with Crippen LogP contribution in [0.2, 0.25) is 0 Å². The van der Waals surface area contributed by atoms with Crippen LogP contribution in [0.3, 0.4) is 0 Å². The van der Waals surface area contributed by atoms with Crippen molar-refractivity contribution in [3.05, 3.63) is 54.5 Å². The van der Waals surface area contributed by atoms with E-state index in [0.29, 0.717) is 5.69 Å². The normalized spacial score (nSPS) is 11.7. The summed E-state index contributed by atoms with van der Waals surface area (Å²) in [6, 6.07) is 11.9. The average Bonchev–Trinajstić information content (AvgIpc) is 2.84. The molecule has 0 aliphatic rings. The van der Waals surface area contributed by atoms with Gasteiger partial charge in [-0.1, -0.05) is 24.3 Å². The monoisotopic (exact) mass is 307 g/mol. The maximum Gasteiger partial charge on any atom is 0.164 e. The maximum absolute atomic E-state index is 10.5. The lowest BCUT2D eigenvalue weighted by atomic mass is 10.0. The molecule has 1 aromatic carbocycles. The van der Waals surface area contributed by atoms with Crippen molar-refractivity contribution in [1.29, 1.82) is 0 Å². The van der Waals surface area contributed by atoms with Gasteiger partial charge in [0.1, 0.15) is 5.69 Å². The standard InChI is InChI=1S/C19H21N3O/c1-13-18(23)17(21-22(13)19(2,3)4)15-8-5-7-14(11-15)16-9-6-10-20-12-16/h5-12,23H,1-4H3. The van der Waals surface area contributed by atoms with Crippen molar-refractivity contribution in [2.75, 3.05) is 0 Å². The SMILES string of the molecule is Cc1c(O)c(-c2cccc(-c3cccnc3)c2)nn1C(C)(C)C. The molecule has 0 unspecified atom stereocenters. The van der Waals surface area contributed by atoms with Gasteiger partial charge < -0.3 is 5.11 Å². The molecule has 4 heteroatoms. The zero-order chi connectivity index (χ0) is 16.6. The van der Waals surface area contributed by atoms with E-state index in [1.165, 1.54) is 0 Å². The van der Waals surface area contributed by atoms with Gasteiger partial charge in [-0.2, -0.15) is 5.10 Å². The smallest absolute Gasteiger partial charge is 0.164 e. The highest BCUT2D eigenvalue weighted by Gasteiger charge is 2.23. The second-order valence-corrected chi connectivity index (χ2v) is 6.69. The van der Waals surface area contributed by atoms with Crippen molar-refractivity contribution < 1.29 is 5.11 Å². The Morgan fingerprint density at radius 3 is 2.30 bits per heavy atom. The van der Waals surface area contributed by atoms with Crippen LogP contribution in [-0.4, -0.2) is 19.9 Å². The predicted molar refractivity (Wildman–Crippen MR) is 92.3 cm³/mol. The minimum atomic E-state index is -0.180. The van der Waals surface area contributed by atoms with Crippen molar-refractivity contribution in [3.63, 3.8) is 0 Å². The van der Waals surface area contributed by atoms with Gasteiger partial charge in [0, 0.05) is 23.5 Å². The Kier molecular flexibility index (Phi) is 3.68. The molecule has 0 amide bonds. The first-order valence-electron chi connectivity index (χ1n) is 7.68. The van der Waals surface area contributed by atoms with Gasteiger partial charge in [-0.05, 0) is 45.4 Å². The summed E-state index contributed by atoms with van der Waals surface area (Å²) in [4.78, 5) is 4.16. The first-order chi connectivity index (χ1) is 10.9. The van der Waals surface area contributed by atoms with Crippen molar-refractivity contribution in [3.8, 4) is 28.1 Å². The van der Waals surface area contributed by atoms with Gasteiger partial charge in [0.2, 0.25) is 0 Å². The van der Waals surface area contributed by atoms with E-state index in [4.69, 9.17) is 0 Å². The van der Waals surface area contributed by atoms with Gasteiger partial charge in [-0.15, -0.1) is 0 Å². The van der Waals surface area contributed by atoms with Gasteiger partial charge in [-0.25, -0.2) is 0 Å². The molecule has 118 valence electrons. The number of hydrogen-bond donors (Lipinski definition) is 1. The molecule has 1 N–H and O–H groups in total. The van der Waals surface area contributed by atoms with Crippen LogP contribution in [0, 0.1) is 6.92 Å². The molecule has 3 rings (SSSR count). The lowest BCUT2D eigenvalue weighted by Crippen LogP contribution is -2.24. The van der Waals surface area contributed by atoms with Crippen LogP contribution in [0.4, 0.5) is 0 Å². The van der Waals surface area contributed by atoms with Crippen LogP contribution in [0.5, 0.6) is 5.75 Å². The van der Waals surface area contributed by atoms with Gasteiger partial charge in [0.15, 0.2) is 5.75 Å². The number of pyridine rings is 1. The first kappa shape index (κ1) is 15.3. The third-order valence-corrected chi connectivity index (χ3v) is 3.85. The molecule has 0 radical (unpaired) electrons. The van der Waals surface area contributed by atoms with Crippen LogP contribution in [-0.2, 0) is 5.54 Å². The second-order valence-electron chi connectivity index (χ2n) is 6.69. The van der Waals surface area contributed by atoms with E-state index in [2.05, 4.69) is 30.9 Å². The van der Waals surface area contributed by atoms with Gasteiger partial charge in [0.25, 0.3) is 0 Å². The van der Waals surface area contributed by atoms with Crippen LogP contribution in [0.25, 0.3) is 22.4 Å². The Morgan fingerprint density at radius 2 is 1.70 bits per heavy atom. The second kappa shape index (κ2) is 5.54. The molecular formula is C19H21N3O. The highest BCUT2D eigenvalue weighted by molar-refractivity contribution is 5.74. The third-order valence-electron chi connectivity index (χ3n) is 3.85. The van der Waals surface area contributed by atoms with Crippen molar-refractivity contribution in [1.82, 2.24) is 14.8 Å². The Hall–Kier alpha value is -2.62. The van der Waals surface area contributed by atoms with Crippen molar-refractivity contribution in [2.45, 2.75) is 33.2 Å². The van der Waals surface area contributed by atoms with Gasteiger partial charge in [0.05, 0.1) is 11.2 Å². The Labute approximate surface area is 136 Å². The maximum atomic E-state index is 10.5. The number of benzene rings is 1. The zero-order valence-corrected chi connectivity index (χ0v) is 13.9. The Morgan fingerprint density at radius 1 is 1.00 bits per heavy atom. The molecule has 0 saturated heterocycles. The summed E-state index contributed by atoms with van der Waals surface area (Å²) in [7, 11) is 0. The van der Waals surface area contributed by atoms with E-state index in [1.54, 1.807) is 6.20 Å². The fourth-order valence-corrected chi connectivity index (χ4v) is 2.72. The van der Waals surface area contributed by atoms with E-state index in [0.717, 1.165) is 22.4 Å². The molecule has 0 aliphatic carbocycles. The lowest BCUT2D eigenvalue weighted by Gasteiger charge is -2.20. The summed E-state index contributed by atoms with van der Waals surface area (Å²) < 4.78 is 1.87. The van der Waals surface area contributed by atoms with Crippen molar-refractivity contribution >= 4 is 0 Å². The number of nitrogens with zero attached hydrogens (tertiary/aromatic N) is 3. The highest BCUT2D eigenvalue weighted by atomic mass is 16.3. The molecule has 3 aromatic rings. The number of rotatable bonds is 2. The first-order valence-corrected chi connectivity index (χ1v) is 7.68. The molecular weight excluding hydrogens is 286 g/mol. The van der Waals surface area contributed by atoms with Crippen molar-refractivity contribution in [2.24, 2.45) is 0 Å². The summed E-state index contributed by atoms with van der Waals surface area (Å²) in [6.45, 7) is 8.11. The summed E-state index contributed by atoms with van der Waals surface area (Å²) in [6.07, 6.45) is 3.59. The molecule has 0 bridgehead atoms. The number of hydrogen-bond acceptors (Lipinski definition) is 3. The molecule has 0 saturated carbocycles. The van der Waals surface area contributed by atoms with E-state index >= 15 is 0 Å². The fourth-order valence-electron chi connectivity index (χ4n) is 2.72. The van der Waals surface area contributed by atoms with Gasteiger partial charge in [-0.3, -0.25) is 9.67 Å². The van der Waals surface area contributed by atoms with E-state index in [-0.39, 0.29) is 11.3 Å². The molecule has 0 atom stereocenters. The lowest BCUT2D eigenvalue weighted by molar-refractivity contribution is 0.345. The molecule has 0 spiro atoms. The van der Waals surface area contributed by atoms with Crippen LogP contribution in [0.1, 0.15) is 26.5 Å². The quantitative estimate of drug-likeness (QED) is 0.764. The van der Waals surface area contributed by atoms with Gasteiger partial charge >= 0.3 is 0 Å². The summed E-state index contributed by atoms with van der Waals surface area (Å²) in [5.41, 5.74) is 4.21. The van der Waals surface area contributed by atoms with Crippen LogP contribution >= 0.6 is 0 Å². The zero-order valence-electron chi connectivity index (χ0n) is 13.9. The van der Waals surface area contributed by atoms with E-state index in [1.807, 2.05) is 54.2 Å². The molecule has 23 heavy (non-hydrogen) atoms. The molecule has 2 heterocycles. The van der Waals surface area contributed by atoms with E-state index < -0.39 is 0 Å². The largest absolute Gasteiger partial charge is 0.504 e. The van der Waals surface area contributed by atoms with E-state index in [9.17, 15) is 5.11 Å². The minimum Gasteiger partial charge on any atom is -0.504 e. The molecule has 0 fully saturated rings. The van der Waals surface area contributed by atoms with Crippen LogP contribution in [0.15, 0.2) is 48.8 Å². The fraction of sp³-hybridized carbons (Fsp3) is 0.263. The molecule has 0 aliphatic heterocycles. The Bertz CT molecular complexity index is 830. The summed E-state index contributed by atoms with van der Waals surface area (Å²) >= 11 is 0. The number of aromatic nitrogens is 3. The average molecular weight is 307 g/mol. The Balaban J connectivity index is 2.10. The highest BCUT2D eigenvalue weighted by Crippen LogP contribution is 2.35. The topological polar surface area (TPSA) is 50.9 Å². The molecule has 2 aromatic heterocycles. The molecule has 4 nitrogen and oxygen atoms in total.